The van der Waals surface area contributed by atoms with Gasteiger partial charge >= 0.3 is 0 Å². The summed E-state index contributed by atoms with van der Waals surface area (Å²) in [4.78, 5) is 32.4. The monoisotopic (exact) mass is 343 g/mol. The average Bonchev–Trinajstić information content (AvgIpc) is 2.57. The Bertz CT molecular complexity index is 818. The fourth-order valence-electron chi connectivity index (χ4n) is 3.09. The van der Waals surface area contributed by atoms with E-state index in [0.717, 1.165) is 6.42 Å². The average molecular weight is 343 g/mol. The van der Waals surface area contributed by atoms with Crippen molar-refractivity contribution in [1.82, 2.24) is 14.5 Å². The summed E-state index contributed by atoms with van der Waals surface area (Å²) in [5.74, 6) is 0.726. The second-order valence-electron chi connectivity index (χ2n) is 7.46. The van der Waals surface area contributed by atoms with Crippen LogP contribution in [0.15, 0.2) is 29.1 Å². The van der Waals surface area contributed by atoms with Crippen molar-refractivity contribution in [1.29, 1.82) is 0 Å². The zero-order valence-corrected chi connectivity index (χ0v) is 16.2. The van der Waals surface area contributed by atoms with E-state index in [1.54, 1.807) is 10.6 Å². The van der Waals surface area contributed by atoms with E-state index in [-0.39, 0.29) is 17.5 Å². The first-order valence-electron chi connectivity index (χ1n) is 9.02. The van der Waals surface area contributed by atoms with Gasteiger partial charge in [-0.25, -0.2) is 4.98 Å². The molecule has 0 N–H and O–H groups in total. The minimum absolute atomic E-state index is 0.0467. The van der Waals surface area contributed by atoms with Gasteiger partial charge in [-0.3, -0.25) is 14.2 Å². The number of fused-ring (bicyclic) bond motifs is 1. The van der Waals surface area contributed by atoms with Gasteiger partial charge in [0.1, 0.15) is 5.82 Å². The minimum atomic E-state index is -0.475. The number of carbonyl (C=O) groups excluding carboxylic acids is 1. The summed E-state index contributed by atoms with van der Waals surface area (Å²) < 4.78 is 1.69. The molecule has 1 aromatic carbocycles. The van der Waals surface area contributed by atoms with Crippen molar-refractivity contribution in [3.05, 3.63) is 40.4 Å². The maximum atomic E-state index is 12.9. The van der Waals surface area contributed by atoms with Gasteiger partial charge < -0.3 is 4.90 Å². The molecule has 2 rings (SSSR count). The molecule has 5 nitrogen and oxygen atoms in total. The smallest absolute Gasteiger partial charge is 0.261 e. The summed E-state index contributed by atoms with van der Waals surface area (Å²) in [5.41, 5.74) is 0.158. The summed E-state index contributed by atoms with van der Waals surface area (Å²) in [6.07, 6.45) is 0.857. The van der Waals surface area contributed by atoms with Crippen LogP contribution in [0.4, 0.5) is 0 Å². The number of hydrogen-bond acceptors (Lipinski definition) is 3. The molecule has 0 spiro atoms. The quantitative estimate of drug-likeness (QED) is 0.830. The molecule has 1 unspecified atom stereocenters. The predicted molar refractivity (Wildman–Crippen MR) is 102 cm³/mol. The summed E-state index contributed by atoms with van der Waals surface area (Å²) in [7, 11) is 0. The maximum Gasteiger partial charge on any atom is 0.261 e. The zero-order valence-electron chi connectivity index (χ0n) is 16.2. The van der Waals surface area contributed by atoms with E-state index in [1.807, 2.05) is 57.7 Å². The van der Waals surface area contributed by atoms with E-state index < -0.39 is 5.41 Å². The Labute approximate surface area is 149 Å². The molecule has 1 aromatic heterocycles. The third kappa shape index (κ3) is 3.75. The first kappa shape index (κ1) is 19.2. The van der Waals surface area contributed by atoms with Crippen LogP contribution in [-0.2, 0) is 11.3 Å². The largest absolute Gasteiger partial charge is 0.332 e. The number of rotatable bonds is 5. The van der Waals surface area contributed by atoms with Crippen LogP contribution < -0.4 is 5.56 Å². The fourth-order valence-corrected chi connectivity index (χ4v) is 3.09. The van der Waals surface area contributed by atoms with E-state index in [9.17, 15) is 9.59 Å². The highest BCUT2D eigenvalue weighted by atomic mass is 16.2. The molecule has 1 atom stereocenters. The van der Waals surface area contributed by atoms with Crippen LogP contribution in [0, 0.1) is 5.41 Å². The van der Waals surface area contributed by atoms with E-state index in [2.05, 4.69) is 6.92 Å². The molecule has 5 heteroatoms. The van der Waals surface area contributed by atoms with E-state index >= 15 is 0 Å². The predicted octanol–water partition coefficient (Wildman–Crippen LogP) is 3.76. The number of aromatic nitrogens is 2. The number of para-hydroxylation sites is 1. The second kappa shape index (κ2) is 7.38. The molecule has 0 saturated heterocycles. The Balaban J connectivity index is 2.61. The normalized spacial score (nSPS) is 13.0. The van der Waals surface area contributed by atoms with Crippen molar-refractivity contribution in [2.24, 2.45) is 5.41 Å². The molecule has 1 amide bonds. The molecule has 0 radical (unpaired) electrons. The van der Waals surface area contributed by atoms with Crippen molar-refractivity contribution in [2.45, 2.75) is 60.5 Å². The lowest BCUT2D eigenvalue weighted by atomic mass is 9.93. The van der Waals surface area contributed by atoms with Gasteiger partial charge in [0, 0.05) is 18.5 Å². The Morgan fingerprint density at radius 2 is 1.88 bits per heavy atom. The van der Waals surface area contributed by atoms with Crippen LogP contribution in [0.5, 0.6) is 0 Å². The lowest BCUT2D eigenvalue weighted by Gasteiger charge is -2.34. The number of amides is 1. The fraction of sp³-hybridized carbons (Fsp3) is 0.550. The molecular formula is C20H29N3O2. The van der Waals surface area contributed by atoms with Gasteiger partial charge in [-0.2, -0.15) is 0 Å². The Morgan fingerprint density at radius 1 is 1.24 bits per heavy atom. The molecule has 25 heavy (non-hydrogen) atoms. The van der Waals surface area contributed by atoms with E-state index in [4.69, 9.17) is 4.98 Å². The first-order valence-corrected chi connectivity index (χ1v) is 9.02. The number of hydrogen-bond donors (Lipinski definition) is 0. The van der Waals surface area contributed by atoms with Gasteiger partial charge in [-0.05, 0) is 32.4 Å². The number of nitrogens with zero attached hydrogens (tertiary/aromatic N) is 3. The van der Waals surface area contributed by atoms with Gasteiger partial charge in [0.2, 0.25) is 5.91 Å². The minimum Gasteiger partial charge on any atom is -0.332 e. The highest BCUT2D eigenvalue weighted by Crippen LogP contribution is 2.26. The molecule has 1 heterocycles. The van der Waals surface area contributed by atoms with Crippen molar-refractivity contribution in [2.75, 3.05) is 6.54 Å². The molecule has 0 aliphatic carbocycles. The van der Waals surface area contributed by atoms with Crippen molar-refractivity contribution < 1.29 is 4.79 Å². The summed E-state index contributed by atoms with van der Waals surface area (Å²) in [5, 5.41) is 0.615. The molecule has 0 aliphatic rings. The van der Waals surface area contributed by atoms with Crippen LogP contribution in [0.25, 0.3) is 10.9 Å². The van der Waals surface area contributed by atoms with Gasteiger partial charge in [0.15, 0.2) is 0 Å². The van der Waals surface area contributed by atoms with Gasteiger partial charge in [0.25, 0.3) is 5.56 Å². The molecule has 136 valence electrons. The Kier molecular flexibility index (Phi) is 5.65. The van der Waals surface area contributed by atoms with Gasteiger partial charge in [-0.15, -0.1) is 0 Å². The number of benzene rings is 1. The number of carbonyl (C=O) groups is 1. The Hall–Kier alpha value is -2.17. The van der Waals surface area contributed by atoms with E-state index in [0.29, 0.717) is 29.8 Å². The molecule has 0 aliphatic heterocycles. The van der Waals surface area contributed by atoms with Crippen LogP contribution in [-0.4, -0.2) is 26.9 Å². The molecular weight excluding hydrogens is 314 g/mol. The third-order valence-electron chi connectivity index (χ3n) is 4.42. The summed E-state index contributed by atoms with van der Waals surface area (Å²) >= 11 is 0. The highest BCUT2D eigenvalue weighted by molar-refractivity contribution is 5.82. The van der Waals surface area contributed by atoms with E-state index in [1.165, 1.54) is 0 Å². The topological polar surface area (TPSA) is 55.2 Å². The van der Waals surface area contributed by atoms with Gasteiger partial charge in [-0.1, -0.05) is 39.8 Å². The first-order chi connectivity index (χ1) is 11.7. The van der Waals surface area contributed by atoms with Crippen molar-refractivity contribution >= 4 is 16.8 Å². The standard InChI is InChI=1S/C20H29N3O2/c1-7-13-23(19(25)20(4,5)6)14(3)17-21-16-12-10-9-11-15(16)18(24)22(17)8-2/h9-12,14H,7-8,13H2,1-6H3. The van der Waals surface area contributed by atoms with Crippen molar-refractivity contribution in [3.8, 4) is 0 Å². The summed E-state index contributed by atoms with van der Waals surface area (Å²) in [6, 6.07) is 7.12. The van der Waals surface area contributed by atoms with Crippen molar-refractivity contribution in [3.63, 3.8) is 0 Å². The molecule has 0 bridgehead atoms. The molecule has 2 aromatic rings. The SMILES string of the molecule is CCCN(C(=O)C(C)(C)C)C(C)c1nc2ccccc2c(=O)n1CC. The lowest BCUT2D eigenvalue weighted by molar-refractivity contribution is -0.142. The van der Waals surface area contributed by atoms with Crippen LogP contribution in [0.3, 0.4) is 0 Å². The molecule has 0 fully saturated rings. The van der Waals surface area contributed by atoms with Crippen LogP contribution >= 0.6 is 0 Å². The maximum absolute atomic E-state index is 12.9. The Morgan fingerprint density at radius 3 is 2.44 bits per heavy atom. The lowest BCUT2D eigenvalue weighted by Crippen LogP contribution is -2.43. The van der Waals surface area contributed by atoms with Gasteiger partial charge in [0.05, 0.1) is 16.9 Å². The van der Waals surface area contributed by atoms with Crippen LogP contribution in [0.1, 0.15) is 59.8 Å². The highest BCUT2D eigenvalue weighted by Gasteiger charge is 2.32. The second-order valence-corrected chi connectivity index (χ2v) is 7.46. The van der Waals surface area contributed by atoms with Crippen LogP contribution in [0.2, 0.25) is 0 Å². The summed E-state index contributed by atoms with van der Waals surface area (Å²) in [6.45, 7) is 12.9. The molecule has 0 saturated carbocycles. The third-order valence-corrected chi connectivity index (χ3v) is 4.42. The zero-order chi connectivity index (χ0) is 18.8.